The van der Waals surface area contributed by atoms with Crippen LogP contribution >= 0.6 is 0 Å². The molecule has 6 rings (SSSR count). The minimum Gasteiger partial charge on any atom is -0.496 e. The van der Waals surface area contributed by atoms with Gasteiger partial charge in [-0.3, -0.25) is 0 Å². The van der Waals surface area contributed by atoms with Crippen LogP contribution in [0.2, 0.25) is 0 Å². The number of nitrogens with zero attached hydrogens (tertiary/aromatic N) is 8. The Kier molecular flexibility index (Phi) is 6.10. The Bertz CT molecular complexity index is 1460. The Morgan fingerprint density at radius 1 is 0.579 bits per heavy atom. The Morgan fingerprint density at radius 3 is 1.71 bits per heavy atom. The Morgan fingerprint density at radius 2 is 1.08 bits per heavy atom. The van der Waals surface area contributed by atoms with Crippen LogP contribution in [0.4, 0.5) is 0 Å². The lowest BCUT2D eigenvalue weighted by atomic mass is 10.1. The van der Waals surface area contributed by atoms with Gasteiger partial charge in [-0.2, -0.15) is 30.0 Å². The van der Waals surface area contributed by atoms with Crippen molar-refractivity contribution in [1.29, 1.82) is 0 Å². The SMILES string of the molecule is COc1cccc(C)c1C1=NC2=NC(N3CCCCC3)=NC3=NC(c4c(OC)cccc4OC)=NC(=N1)N32. The average Bonchev–Trinajstić information content (AvgIpc) is 2.96. The van der Waals surface area contributed by atoms with Gasteiger partial charge in [0.1, 0.15) is 22.8 Å². The molecule has 0 atom stereocenters. The van der Waals surface area contributed by atoms with E-state index in [-0.39, 0.29) is 0 Å². The van der Waals surface area contributed by atoms with Gasteiger partial charge in [0.15, 0.2) is 11.7 Å². The summed E-state index contributed by atoms with van der Waals surface area (Å²) in [5, 5.41) is 0. The highest BCUT2D eigenvalue weighted by molar-refractivity contribution is 6.33. The molecule has 11 nitrogen and oxygen atoms in total. The number of rotatable bonds is 5. The van der Waals surface area contributed by atoms with Gasteiger partial charge in [-0.25, -0.2) is 4.90 Å². The molecule has 1 fully saturated rings. The summed E-state index contributed by atoms with van der Waals surface area (Å²) in [6.07, 6.45) is 3.38. The van der Waals surface area contributed by atoms with Crippen LogP contribution in [-0.4, -0.2) is 79.7 Å². The van der Waals surface area contributed by atoms with Crippen LogP contribution in [0.1, 0.15) is 36.0 Å². The van der Waals surface area contributed by atoms with Gasteiger partial charge in [0.25, 0.3) is 0 Å². The van der Waals surface area contributed by atoms with Gasteiger partial charge in [-0.05, 0) is 49.9 Å². The lowest BCUT2D eigenvalue weighted by Crippen LogP contribution is -2.50. The van der Waals surface area contributed by atoms with Crippen molar-refractivity contribution < 1.29 is 14.2 Å². The highest BCUT2D eigenvalue weighted by atomic mass is 16.5. The maximum atomic E-state index is 5.66. The van der Waals surface area contributed by atoms with E-state index in [4.69, 9.17) is 44.2 Å². The first-order valence-electron chi connectivity index (χ1n) is 12.5. The summed E-state index contributed by atoms with van der Waals surface area (Å²) in [4.78, 5) is 32.9. The minimum absolute atomic E-state index is 0.355. The summed E-state index contributed by atoms with van der Waals surface area (Å²) in [6, 6.07) is 11.4. The van der Waals surface area contributed by atoms with E-state index in [1.807, 2.05) is 43.3 Å². The monoisotopic (exact) mass is 512 g/mol. The Balaban J connectivity index is 1.56. The van der Waals surface area contributed by atoms with Gasteiger partial charge >= 0.3 is 0 Å². The molecule has 2 aromatic carbocycles. The fourth-order valence-electron chi connectivity index (χ4n) is 4.90. The van der Waals surface area contributed by atoms with Gasteiger partial charge < -0.3 is 19.1 Å². The first-order chi connectivity index (χ1) is 18.6. The molecule has 0 spiro atoms. The summed E-state index contributed by atoms with van der Waals surface area (Å²) in [7, 11) is 4.84. The largest absolute Gasteiger partial charge is 0.496 e. The van der Waals surface area contributed by atoms with Crippen molar-refractivity contribution in [3.05, 3.63) is 53.1 Å². The molecule has 0 aliphatic carbocycles. The molecule has 0 bridgehead atoms. The van der Waals surface area contributed by atoms with E-state index in [0.717, 1.165) is 37.1 Å². The lowest BCUT2D eigenvalue weighted by molar-refractivity contribution is 0.339. The third-order valence-electron chi connectivity index (χ3n) is 6.79. The molecule has 11 heteroatoms. The molecular weight excluding hydrogens is 484 g/mol. The molecule has 0 unspecified atom stereocenters. The zero-order valence-corrected chi connectivity index (χ0v) is 21.8. The maximum Gasteiger partial charge on any atom is 0.244 e. The Labute approximate surface area is 220 Å². The topological polar surface area (TPSA) is 108 Å². The van der Waals surface area contributed by atoms with Crippen LogP contribution in [-0.2, 0) is 0 Å². The van der Waals surface area contributed by atoms with Crippen molar-refractivity contribution in [2.75, 3.05) is 34.4 Å². The van der Waals surface area contributed by atoms with E-state index in [9.17, 15) is 0 Å². The van der Waals surface area contributed by atoms with Gasteiger partial charge in [0.05, 0.1) is 26.9 Å². The quantitative estimate of drug-likeness (QED) is 0.610. The third kappa shape index (κ3) is 4.00. The van der Waals surface area contributed by atoms with E-state index in [1.54, 1.807) is 26.2 Å². The number of guanidine groups is 4. The molecule has 0 saturated carbocycles. The molecule has 0 radical (unpaired) electrons. The molecule has 194 valence electrons. The van der Waals surface area contributed by atoms with Gasteiger partial charge in [-0.15, -0.1) is 0 Å². The van der Waals surface area contributed by atoms with Gasteiger partial charge in [0, 0.05) is 13.1 Å². The second-order valence-electron chi connectivity index (χ2n) is 9.09. The number of aliphatic imine (C=N–C) groups is 6. The highest BCUT2D eigenvalue weighted by Crippen LogP contribution is 2.33. The zero-order valence-electron chi connectivity index (χ0n) is 21.8. The average molecular weight is 513 g/mol. The highest BCUT2D eigenvalue weighted by Gasteiger charge is 2.38. The molecule has 4 heterocycles. The summed E-state index contributed by atoms with van der Waals surface area (Å²) >= 11 is 0. The number of methoxy groups -OCH3 is 3. The van der Waals surface area contributed by atoms with Crippen LogP contribution in [0.3, 0.4) is 0 Å². The van der Waals surface area contributed by atoms with E-state index in [0.29, 0.717) is 58.3 Å². The molecular formula is C27H28N8O3. The van der Waals surface area contributed by atoms with E-state index < -0.39 is 0 Å². The number of aryl methyl sites for hydroxylation is 1. The normalized spacial score (nSPS) is 18.3. The number of amidine groups is 2. The van der Waals surface area contributed by atoms with Crippen LogP contribution in [0, 0.1) is 6.92 Å². The van der Waals surface area contributed by atoms with Crippen molar-refractivity contribution in [1.82, 2.24) is 9.80 Å². The summed E-state index contributed by atoms with van der Waals surface area (Å²) in [5.74, 6) is 4.42. The van der Waals surface area contributed by atoms with E-state index >= 15 is 0 Å². The molecule has 4 aliphatic heterocycles. The van der Waals surface area contributed by atoms with Crippen LogP contribution in [0.15, 0.2) is 66.4 Å². The summed E-state index contributed by atoms with van der Waals surface area (Å²) in [5.41, 5.74) is 2.37. The number of hydrogen-bond donors (Lipinski definition) is 0. The number of likely N-dealkylation sites (tertiary alicyclic amines) is 1. The molecule has 38 heavy (non-hydrogen) atoms. The number of hydrogen-bond acceptors (Lipinski definition) is 11. The first-order valence-corrected chi connectivity index (χ1v) is 12.5. The predicted octanol–water partition coefficient (Wildman–Crippen LogP) is 3.47. The summed E-state index contributed by atoms with van der Waals surface area (Å²) in [6.45, 7) is 3.76. The molecule has 4 aliphatic rings. The first kappa shape index (κ1) is 23.8. The zero-order chi connectivity index (χ0) is 26.2. The van der Waals surface area contributed by atoms with Crippen molar-refractivity contribution in [3.63, 3.8) is 0 Å². The van der Waals surface area contributed by atoms with Gasteiger partial charge in [0.2, 0.25) is 23.8 Å². The fraction of sp³-hybridized carbons (Fsp3) is 0.333. The minimum atomic E-state index is 0.355. The number of benzene rings is 2. The smallest absolute Gasteiger partial charge is 0.244 e. The lowest BCUT2D eigenvalue weighted by Gasteiger charge is -2.34. The molecule has 0 aromatic heterocycles. The van der Waals surface area contributed by atoms with Crippen LogP contribution in [0.25, 0.3) is 0 Å². The van der Waals surface area contributed by atoms with Crippen molar-refractivity contribution in [3.8, 4) is 17.2 Å². The van der Waals surface area contributed by atoms with Crippen molar-refractivity contribution in [2.24, 2.45) is 30.0 Å². The predicted molar refractivity (Wildman–Crippen MR) is 147 cm³/mol. The maximum absolute atomic E-state index is 5.66. The van der Waals surface area contributed by atoms with Crippen molar-refractivity contribution in [2.45, 2.75) is 26.2 Å². The summed E-state index contributed by atoms with van der Waals surface area (Å²) < 4.78 is 16.9. The number of ether oxygens (including phenoxy) is 3. The molecule has 0 N–H and O–H groups in total. The standard InChI is InChI=1S/C27H28N8O3/c1-16-10-8-11-17(36-2)20(16)22-28-25-30-23(21-18(37-3)12-9-13-19(21)38-4)31-27-33-24(32-26(29-22)35(25)27)34-14-6-5-7-15-34/h8-13H,5-7,14-15H2,1-4H3. The fourth-order valence-corrected chi connectivity index (χ4v) is 4.90. The Hall–Kier alpha value is -4.54. The molecule has 2 aromatic rings. The molecule has 0 amide bonds. The van der Waals surface area contributed by atoms with Crippen LogP contribution < -0.4 is 14.2 Å². The van der Waals surface area contributed by atoms with Crippen LogP contribution in [0.5, 0.6) is 17.2 Å². The molecule has 1 saturated heterocycles. The van der Waals surface area contributed by atoms with Gasteiger partial charge in [-0.1, -0.05) is 18.2 Å². The second-order valence-corrected chi connectivity index (χ2v) is 9.09. The van der Waals surface area contributed by atoms with E-state index in [2.05, 4.69) is 4.90 Å². The van der Waals surface area contributed by atoms with E-state index in [1.165, 1.54) is 6.42 Å². The van der Waals surface area contributed by atoms with Crippen molar-refractivity contribution >= 4 is 35.5 Å². The second kappa shape index (κ2) is 9.73. The third-order valence-corrected chi connectivity index (χ3v) is 6.79. The number of piperidine rings is 1.